The first kappa shape index (κ1) is 18.9. The van der Waals surface area contributed by atoms with E-state index < -0.39 is 6.10 Å². The molecule has 1 atom stereocenters. The van der Waals surface area contributed by atoms with Gasteiger partial charge in [-0.05, 0) is 37.1 Å². The van der Waals surface area contributed by atoms with Gasteiger partial charge in [-0.3, -0.25) is 4.68 Å². The molecule has 8 nitrogen and oxygen atoms in total. The zero-order valence-electron chi connectivity index (χ0n) is 15.0. The number of carbonyl (C=O) groups excluding carboxylic acids is 1. The molecule has 0 bridgehead atoms. The van der Waals surface area contributed by atoms with Crippen LogP contribution in [-0.4, -0.2) is 52.8 Å². The summed E-state index contributed by atoms with van der Waals surface area (Å²) in [6.07, 6.45) is 2.56. The maximum Gasteiger partial charge on any atom is 0.323 e. The van der Waals surface area contributed by atoms with Crippen LogP contribution in [0.3, 0.4) is 0 Å². The molecule has 8 heteroatoms. The maximum absolute atomic E-state index is 12.1. The summed E-state index contributed by atoms with van der Waals surface area (Å²) in [7, 11) is 3.27. The van der Waals surface area contributed by atoms with Crippen molar-refractivity contribution >= 4 is 17.4 Å². The van der Waals surface area contributed by atoms with E-state index in [0.29, 0.717) is 18.8 Å². The zero-order chi connectivity index (χ0) is 18.4. The normalized spacial score (nSPS) is 12.2. The lowest BCUT2D eigenvalue weighted by atomic mass is 10.1. The van der Waals surface area contributed by atoms with Gasteiger partial charge in [0.15, 0.2) is 0 Å². The molecular formula is C17H25N5O3. The number of hydrogen-bond acceptors (Lipinski definition) is 5. The molecule has 2 amide bonds. The first-order chi connectivity index (χ1) is 11.9. The molecular weight excluding hydrogens is 322 g/mol. The Morgan fingerprint density at radius 3 is 2.56 bits per heavy atom. The Bertz CT molecular complexity index is 696. The van der Waals surface area contributed by atoms with Gasteiger partial charge in [0, 0.05) is 18.9 Å². The van der Waals surface area contributed by atoms with E-state index in [4.69, 9.17) is 4.84 Å². The number of hydrogen-bond donors (Lipinski definition) is 3. The summed E-state index contributed by atoms with van der Waals surface area (Å²) < 4.78 is 1.57. The van der Waals surface area contributed by atoms with Gasteiger partial charge in [0.05, 0.1) is 38.2 Å². The number of anilines is 2. The number of carbonyl (C=O) groups is 1. The second-order valence-electron chi connectivity index (χ2n) is 6.05. The van der Waals surface area contributed by atoms with Crippen molar-refractivity contribution in [3.8, 4) is 0 Å². The highest BCUT2D eigenvalue weighted by molar-refractivity contribution is 5.99. The fourth-order valence-electron chi connectivity index (χ4n) is 2.51. The number of aromatic nitrogens is 2. The number of aliphatic hydroxyl groups excluding tert-OH is 1. The fourth-order valence-corrected chi connectivity index (χ4v) is 2.51. The summed E-state index contributed by atoms with van der Waals surface area (Å²) in [4.78, 5) is 17.1. The second-order valence-corrected chi connectivity index (χ2v) is 6.05. The third-order valence-electron chi connectivity index (χ3n) is 3.55. The molecule has 25 heavy (non-hydrogen) atoms. The molecule has 0 aliphatic heterocycles. The van der Waals surface area contributed by atoms with E-state index in [9.17, 15) is 9.90 Å². The van der Waals surface area contributed by atoms with Crippen molar-refractivity contribution in [2.45, 2.75) is 26.5 Å². The Balaban J connectivity index is 1.88. The lowest BCUT2D eigenvalue weighted by Crippen LogP contribution is -2.31. The van der Waals surface area contributed by atoms with Crippen molar-refractivity contribution in [2.75, 3.05) is 31.3 Å². The molecule has 1 aromatic heterocycles. The first-order valence-electron chi connectivity index (χ1n) is 7.98. The van der Waals surface area contributed by atoms with Gasteiger partial charge in [-0.15, -0.1) is 0 Å². The predicted octanol–water partition coefficient (Wildman–Crippen LogP) is 2.00. The minimum atomic E-state index is -0.637. The van der Waals surface area contributed by atoms with Gasteiger partial charge in [0.25, 0.3) is 0 Å². The maximum atomic E-state index is 12.1. The highest BCUT2D eigenvalue weighted by Gasteiger charge is 2.11. The number of urea groups is 1. The van der Waals surface area contributed by atoms with Gasteiger partial charge in [0.1, 0.15) is 0 Å². The Labute approximate surface area is 147 Å². The summed E-state index contributed by atoms with van der Waals surface area (Å²) in [5.41, 5.74) is 3.45. The van der Waals surface area contributed by atoms with Crippen LogP contribution < -0.4 is 10.6 Å². The number of amides is 2. The van der Waals surface area contributed by atoms with Gasteiger partial charge in [-0.2, -0.15) is 10.2 Å². The summed E-state index contributed by atoms with van der Waals surface area (Å²) in [6, 6.07) is 5.50. The van der Waals surface area contributed by atoms with Crippen molar-refractivity contribution in [1.29, 1.82) is 0 Å². The quantitative estimate of drug-likeness (QED) is 0.666. The van der Waals surface area contributed by atoms with Crippen molar-refractivity contribution in [3.05, 3.63) is 41.7 Å². The second kappa shape index (κ2) is 8.61. The molecule has 0 spiro atoms. The van der Waals surface area contributed by atoms with Gasteiger partial charge >= 0.3 is 6.03 Å². The number of nitrogens with one attached hydrogen (secondary N) is 2. The van der Waals surface area contributed by atoms with Crippen LogP contribution in [0.4, 0.5) is 16.2 Å². The summed E-state index contributed by atoms with van der Waals surface area (Å²) >= 11 is 0. The minimum absolute atomic E-state index is 0.300. The van der Waals surface area contributed by atoms with Crippen LogP contribution in [0.1, 0.15) is 11.1 Å². The van der Waals surface area contributed by atoms with Crippen LogP contribution in [0.2, 0.25) is 0 Å². The average molecular weight is 347 g/mol. The topological polar surface area (TPSA) is 91.7 Å². The number of rotatable bonds is 7. The third-order valence-corrected chi connectivity index (χ3v) is 3.55. The van der Waals surface area contributed by atoms with E-state index >= 15 is 0 Å². The highest BCUT2D eigenvalue weighted by Crippen LogP contribution is 2.14. The van der Waals surface area contributed by atoms with Crippen LogP contribution in [-0.2, 0) is 11.4 Å². The Morgan fingerprint density at radius 2 is 1.92 bits per heavy atom. The lowest BCUT2D eigenvalue weighted by molar-refractivity contribution is -0.129. The molecule has 0 unspecified atom stereocenters. The van der Waals surface area contributed by atoms with E-state index in [1.54, 1.807) is 17.9 Å². The van der Waals surface area contributed by atoms with E-state index in [-0.39, 0.29) is 6.03 Å². The number of hydroxylamine groups is 2. The lowest BCUT2D eigenvalue weighted by Gasteiger charge is -2.17. The number of aliphatic hydroxyl groups is 1. The van der Waals surface area contributed by atoms with Gasteiger partial charge in [0.2, 0.25) is 0 Å². The van der Waals surface area contributed by atoms with Crippen LogP contribution >= 0.6 is 0 Å². The summed E-state index contributed by atoms with van der Waals surface area (Å²) in [5, 5.41) is 21.1. The Hall–Kier alpha value is -2.42. The largest absolute Gasteiger partial charge is 0.390 e. The Morgan fingerprint density at radius 1 is 1.28 bits per heavy atom. The summed E-state index contributed by atoms with van der Waals surface area (Å²) in [6.45, 7) is 4.61. The molecule has 0 radical (unpaired) electrons. The monoisotopic (exact) mass is 347 g/mol. The fraction of sp³-hybridized carbons (Fsp3) is 0.412. The molecule has 3 N–H and O–H groups in total. The van der Waals surface area contributed by atoms with Crippen molar-refractivity contribution in [1.82, 2.24) is 14.8 Å². The molecule has 0 aliphatic carbocycles. The van der Waals surface area contributed by atoms with Gasteiger partial charge in [-0.1, -0.05) is 6.07 Å². The molecule has 0 aliphatic rings. The van der Waals surface area contributed by atoms with Gasteiger partial charge < -0.3 is 20.6 Å². The van der Waals surface area contributed by atoms with Gasteiger partial charge in [-0.25, -0.2) is 4.79 Å². The number of nitrogens with zero attached hydrogens (tertiary/aromatic N) is 3. The Kier molecular flexibility index (Phi) is 6.51. The molecule has 1 heterocycles. The van der Waals surface area contributed by atoms with Crippen LogP contribution in [0, 0.1) is 13.8 Å². The molecule has 0 saturated carbocycles. The summed E-state index contributed by atoms with van der Waals surface area (Å²) in [5.74, 6) is 0. The minimum Gasteiger partial charge on any atom is -0.390 e. The van der Waals surface area contributed by atoms with Crippen molar-refractivity contribution in [3.63, 3.8) is 0 Å². The first-order valence-corrected chi connectivity index (χ1v) is 7.98. The van der Waals surface area contributed by atoms with Crippen molar-refractivity contribution < 1.29 is 14.7 Å². The number of aryl methyl sites for hydroxylation is 2. The molecule has 1 aromatic carbocycles. The number of likely N-dealkylation sites (N-methyl/N-ethyl adjacent to an activating group) is 1. The average Bonchev–Trinajstić information content (AvgIpc) is 2.92. The van der Waals surface area contributed by atoms with Crippen LogP contribution in [0.5, 0.6) is 0 Å². The van der Waals surface area contributed by atoms with Crippen LogP contribution in [0.25, 0.3) is 0 Å². The third kappa shape index (κ3) is 6.18. The molecule has 2 aromatic rings. The van der Waals surface area contributed by atoms with E-state index in [1.165, 1.54) is 18.4 Å². The predicted molar refractivity (Wildman–Crippen MR) is 96.4 cm³/mol. The zero-order valence-corrected chi connectivity index (χ0v) is 15.0. The van der Waals surface area contributed by atoms with Crippen molar-refractivity contribution in [2.24, 2.45) is 0 Å². The van der Waals surface area contributed by atoms with E-state index in [0.717, 1.165) is 16.8 Å². The smallest absolute Gasteiger partial charge is 0.323 e. The number of benzene rings is 1. The van der Waals surface area contributed by atoms with Crippen LogP contribution in [0.15, 0.2) is 30.6 Å². The van der Waals surface area contributed by atoms with E-state index in [2.05, 4.69) is 15.7 Å². The standard InChI is InChI=1S/C17H25N5O3/c1-12-5-13(2)7-14(6-12)19-17(24)20-15-8-18-22(9-15)11-16(23)10-21(3)25-4/h5-9,16,23H,10-11H2,1-4H3,(H2,19,20,24)/t16-/m0/s1. The van der Waals surface area contributed by atoms with E-state index in [1.807, 2.05) is 32.0 Å². The molecule has 0 fully saturated rings. The molecule has 2 rings (SSSR count). The highest BCUT2D eigenvalue weighted by atomic mass is 16.7. The molecule has 136 valence electrons. The SMILES string of the molecule is CON(C)C[C@H](O)Cn1cc(NC(=O)Nc2cc(C)cc(C)c2)cn1. The molecule has 0 saturated heterocycles.